The number of amides is 2. The van der Waals surface area contributed by atoms with Crippen molar-refractivity contribution >= 4 is 45.9 Å². The number of carbonyl (C=O) groups excluding carboxylic acids is 2. The van der Waals surface area contributed by atoms with E-state index in [1.54, 1.807) is 25.3 Å². The second kappa shape index (κ2) is 12.2. The van der Waals surface area contributed by atoms with Crippen LogP contribution >= 0.6 is 11.8 Å². The lowest BCUT2D eigenvalue weighted by Gasteiger charge is -2.11. The second-order valence-electron chi connectivity index (χ2n) is 8.17. The molecule has 0 unspecified atom stereocenters. The smallest absolute Gasteiger partial charge is 0.269 e. The first-order valence-corrected chi connectivity index (χ1v) is 12.6. The Morgan fingerprint density at radius 3 is 2.50 bits per heavy atom. The van der Waals surface area contributed by atoms with E-state index in [9.17, 15) is 19.7 Å². The molecule has 1 aromatic heterocycles. The molecule has 0 aliphatic heterocycles. The molecule has 0 saturated heterocycles. The van der Waals surface area contributed by atoms with Gasteiger partial charge in [0.05, 0.1) is 30.6 Å². The maximum atomic E-state index is 12.7. The average Bonchev–Trinajstić information content (AvgIpc) is 3.29. The van der Waals surface area contributed by atoms with E-state index in [1.165, 1.54) is 43.1 Å². The SMILES string of the molecule is COc1ccc(NC(=O)CSc2cn(CCNC(=O)c3ccc([N+](=O)[O-])cc3)c3ccccc23)c(OC)c1. The molecule has 4 aromatic rings. The molecule has 11 heteroatoms. The molecule has 4 rings (SSSR count). The number of ether oxygens (including phenoxy) is 2. The minimum absolute atomic E-state index is 0.0674. The number of hydrogen-bond donors (Lipinski definition) is 2. The molecule has 2 N–H and O–H groups in total. The average molecular weight is 535 g/mol. The van der Waals surface area contributed by atoms with Gasteiger partial charge in [-0.3, -0.25) is 19.7 Å². The van der Waals surface area contributed by atoms with Crippen LogP contribution in [0.4, 0.5) is 11.4 Å². The topological polar surface area (TPSA) is 125 Å². The van der Waals surface area contributed by atoms with Gasteiger partial charge in [-0.1, -0.05) is 18.2 Å². The van der Waals surface area contributed by atoms with Gasteiger partial charge in [0.2, 0.25) is 5.91 Å². The van der Waals surface area contributed by atoms with Crippen LogP contribution in [0.5, 0.6) is 11.5 Å². The van der Waals surface area contributed by atoms with Crippen molar-refractivity contribution < 1.29 is 24.0 Å². The summed E-state index contributed by atoms with van der Waals surface area (Å²) in [6.45, 7) is 0.866. The predicted molar refractivity (Wildman–Crippen MR) is 146 cm³/mol. The minimum atomic E-state index is -0.506. The third-order valence-corrected chi connectivity index (χ3v) is 6.82. The van der Waals surface area contributed by atoms with E-state index in [0.717, 1.165) is 15.8 Å². The lowest BCUT2D eigenvalue weighted by atomic mass is 10.2. The molecule has 0 aliphatic rings. The number of aromatic nitrogens is 1. The van der Waals surface area contributed by atoms with E-state index in [1.807, 2.05) is 35.0 Å². The van der Waals surface area contributed by atoms with Crippen molar-refractivity contribution in [1.29, 1.82) is 0 Å². The number of thioether (sulfide) groups is 1. The Morgan fingerprint density at radius 2 is 1.79 bits per heavy atom. The third-order valence-electron chi connectivity index (χ3n) is 5.77. The number of nitro groups is 1. The van der Waals surface area contributed by atoms with Crippen LogP contribution in [0, 0.1) is 10.1 Å². The number of fused-ring (bicyclic) bond motifs is 1. The molecule has 10 nitrogen and oxygen atoms in total. The molecule has 0 radical (unpaired) electrons. The van der Waals surface area contributed by atoms with Crippen molar-refractivity contribution in [2.45, 2.75) is 11.4 Å². The van der Waals surface area contributed by atoms with Crippen molar-refractivity contribution in [2.24, 2.45) is 0 Å². The van der Waals surface area contributed by atoms with E-state index in [0.29, 0.717) is 35.8 Å². The number of nitrogens with zero attached hydrogens (tertiary/aromatic N) is 2. The van der Waals surface area contributed by atoms with Crippen LogP contribution < -0.4 is 20.1 Å². The van der Waals surface area contributed by atoms with E-state index in [2.05, 4.69) is 10.6 Å². The standard InChI is InChI=1S/C27H26N4O6S/c1-36-20-11-12-22(24(15-20)37-2)29-26(32)17-38-25-16-30(23-6-4-3-5-21(23)25)14-13-28-27(33)18-7-9-19(10-8-18)31(34)35/h3-12,15-16H,13-14,17H2,1-2H3,(H,28,33)(H,29,32). The van der Waals surface area contributed by atoms with Crippen LogP contribution in [-0.4, -0.2) is 47.8 Å². The summed E-state index contributed by atoms with van der Waals surface area (Å²) in [6, 6.07) is 18.5. The molecule has 0 saturated carbocycles. The maximum absolute atomic E-state index is 12.7. The second-order valence-corrected chi connectivity index (χ2v) is 9.18. The number of carbonyl (C=O) groups is 2. The predicted octanol–water partition coefficient (Wildman–Crippen LogP) is 4.73. The zero-order chi connectivity index (χ0) is 27.1. The van der Waals surface area contributed by atoms with Crippen LogP contribution in [0.1, 0.15) is 10.4 Å². The molecular weight excluding hydrogens is 508 g/mol. The fraction of sp³-hybridized carbons (Fsp3) is 0.185. The number of rotatable bonds is 11. The molecule has 3 aromatic carbocycles. The summed E-state index contributed by atoms with van der Waals surface area (Å²) in [6.07, 6.45) is 1.97. The molecule has 0 bridgehead atoms. The molecule has 0 fully saturated rings. The highest BCUT2D eigenvalue weighted by Gasteiger charge is 2.14. The Hall–Kier alpha value is -4.51. The van der Waals surface area contributed by atoms with Crippen molar-refractivity contribution in [3.63, 3.8) is 0 Å². The summed E-state index contributed by atoms with van der Waals surface area (Å²) in [5, 5.41) is 17.5. The Morgan fingerprint density at radius 1 is 1.03 bits per heavy atom. The molecule has 1 heterocycles. The van der Waals surface area contributed by atoms with Gasteiger partial charge >= 0.3 is 0 Å². The number of nitro benzene ring substituents is 1. The summed E-state index contributed by atoms with van der Waals surface area (Å²) < 4.78 is 12.6. The van der Waals surface area contributed by atoms with Gasteiger partial charge in [0.15, 0.2) is 0 Å². The molecule has 196 valence electrons. The molecular formula is C27H26N4O6S. The Balaban J connectivity index is 1.37. The zero-order valence-electron chi connectivity index (χ0n) is 20.8. The van der Waals surface area contributed by atoms with E-state index in [-0.39, 0.29) is 23.3 Å². The van der Waals surface area contributed by atoms with Gasteiger partial charge in [-0.2, -0.15) is 0 Å². The van der Waals surface area contributed by atoms with Gasteiger partial charge in [0.1, 0.15) is 11.5 Å². The fourth-order valence-electron chi connectivity index (χ4n) is 3.87. The summed E-state index contributed by atoms with van der Waals surface area (Å²) in [5.74, 6) is 0.850. The number of methoxy groups -OCH3 is 2. The van der Waals surface area contributed by atoms with Gasteiger partial charge in [-0.25, -0.2) is 0 Å². The molecule has 0 atom stereocenters. The maximum Gasteiger partial charge on any atom is 0.269 e. The largest absolute Gasteiger partial charge is 0.497 e. The summed E-state index contributed by atoms with van der Waals surface area (Å²) in [5.41, 5.74) is 1.83. The van der Waals surface area contributed by atoms with Crippen molar-refractivity contribution in [1.82, 2.24) is 9.88 Å². The highest BCUT2D eigenvalue weighted by molar-refractivity contribution is 8.00. The van der Waals surface area contributed by atoms with Gasteiger partial charge in [0.25, 0.3) is 11.6 Å². The number of anilines is 1. The minimum Gasteiger partial charge on any atom is -0.497 e. The van der Waals surface area contributed by atoms with Gasteiger partial charge in [-0.05, 0) is 30.3 Å². The Bertz CT molecular complexity index is 1470. The lowest BCUT2D eigenvalue weighted by Crippen LogP contribution is -2.27. The van der Waals surface area contributed by atoms with Crippen LogP contribution in [0.25, 0.3) is 10.9 Å². The quantitative estimate of drug-likeness (QED) is 0.162. The van der Waals surface area contributed by atoms with E-state index < -0.39 is 4.92 Å². The zero-order valence-corrected chi connectivity index (χ0v) is 21.6. The van der Waals surface area contributed by atoms with Gasteiger partial charge in [-0.15, -0.1) is 11.8 Å². The number of benzene rings is 3. The van der Waals surface area contributed by atoms with Gasteiger partial charge in [0, 0.05) is 58.8 Å². The highest BCUT2D eigenvalue weighted by Crippen LogP contribution is 2.32. The van der Waals surface area contributed by atoms with E-state index >= 15 is 0 Å². The number of nitrogens with one attached hydrogen (secondary N) is 2. The van der Waals surface area contributed by atoms with Crippen molar-refractivity contribution in [2.75, 3.05) is 31.8 Å². The van der Waals surface area contributed by atoms with Crippen LogP contribution in [0.2, 0.25) is 0 Å². The molecule has 0 aliphatic carbocycles. The van der Waals surface area contributed by atoms with Crippen LogP contribution in [0.3, 0.4) is 0 Å². The first-order valence-electron chi connectivity index (χ1n) is 11.6. The fourth-order valence-corrected chi connectivity index (χ4v) is 4.76. The monoisotopic (exact) mass is 534 g/mol. The first kappa shape index (κ1) is 26.6. The number of non-ortho nitro benzene ring substituents is 1. The van der Waals surface area contributed by atoms with Crippen molar-refractivity contribution in [3.05, 3.63) is 88.6 Å². The highest BCUT2D eigenvalue weighted by atomic mass is 32.2. The third kappa shape index (κ3) is 6.24. The van der Waals surface area contributed by atoms with Gasteiger partial charge < -0.3 is 24.7 Å². The Kier molecular flexibility index (Phi) is 8.49. The summed E-state index contributed by atoms with van der Waals surface area (Å²) in [7, 11) is 3.09. The lowest BCUT2D eigenvalue weighted by molar-refractivity contribution is -0.384. The molecule has 38 heavy (non-hydrogen) atoms. The summed E-state index contributed by atoms with van der Waals surface area (Å²) >= 11 is 1.42. The normalized spacial score (nSPS) is 10.7. The Labute approximate surface area is 223 Å². The summed E-state index contributed by atoms with van der Waals surface area (Å²) in [4.78, 5) is 36.4. The van der Waals surface area contributed by atoms with Crippen LogP contribution in [0.15, 0.2) is 77.8 Å². The molecule has 0 spiro atoms. The number of para-hydroxylation sites is 1. The van der Waals surface area contributed by atoms with Crippen LogP contribution in [-0.2, 0) is 11.3 Å². The first-order chi connectivity index (χ1) is 18.4. The molecule has 2 amide bonds. The van der Waals surface area contributed by atoms with Crippen molar-refractivity contribution in [3.8, 4) is 11.5 Å². The van der Waals surface area contributed by atoms with E-state index in [4.69, 9.17) is 9.47 Å². The number of hydrogen-bond acceptors (Lipinski definition) is 7.